The van der Waals surface area contributed by atoms with Crippen LogP contribution in [0, 0.1) is 17.3 Å². The summed E-state index contributed by atoms with van der Waals surface area (Å²) in [7, 11) is 4.61. The maximum absolute atomic E-state index is 2.61. The van der Waals surface area contributed by atoms with Gasteiger partial charge in [0.25, 0.3) is 0 Å². The number of rotatable bonds is 13. The van der Waals surface area contributed by atoms with Crippen LogP contribution < -0.4 is 0 Å². The van der Waals surface area contributed by atoms with Crippen LogP contribution in [0.15, 0.2) is 0 Å². The molecule has 0 heterocycles. The summed E-state index contributed by atoms with van der Waals surface area (Å²) in [5.74, 6) is 1.71. The molecule has 0 amide bonds. The van der Waals surface area contributed by atoms with Gasteiger partial charge in [0.05, 0.1) is 0 Å². The van der Waals surface area contributed by atoms with Gasteiger partial charge in [-0.25, -0.2) is 0 Å². The van der Waals surface area contributed by atoms with E-state index in [0.717, 1.165) is 17.9 Å². The molecule has 2 heteroatoms. The first-order valence-corrected chi connectivity index (χ1v) is 14.6. The Labute approximate surface area is 208 Å². The first-order chi connectivity index (χ1) is 15.2. The van der Waals surface area contributed by atoms with Crippen LogP contribution in [0.25, 0.3) is 0 Å². The van der Waals surface area contributed by atoms with Gasteiger partial charge in [-0.15, -0.1) is 0 Å². The quantitative estimate of drug-likeness (QED) is 0.271. The van der Waals surface area contributed by atoms with Crippen molar-refractivity contribution in [1.82, 2.24) is 9.80 Å². The minimum Gasteiger partial charge on any atom is -0.306 e. The molecule has 200 valence electrons. The molecule has 1 aliphatic carbocycles. The Morgan fingerprint density at radius 2 is 1.19 bits per heavy atom. The summed E-state index contributed by atoms with van der Waals surface area (Å²) in [6.45, 7) is 31.9. The summed E-state index contributed by atoms with van der Waals surface area (Å²) < 4.78 is 0. The highest BCUT2D eigenvalue weighted by Crippen LogP contribution is 2.51. The van der Waals surface area contributed by atoms with Crippen molar-refractivity contribution in [3.63, 3.8) is 0 Å². The monoisotopic (exact) mass is 459 g/mol. The Bertz CT molecular complexity index is 323. The maximum atomic E-state index is 2.61. The minimum absolute atomic E-state index is 0.684. The lowest BCUT2D eigenvalue weighted by Gasteiger charge is -2.27. The molecular weight excluding hydrogens is 388 g/mol. The molecule has 1 fully saturated rings. The van der Waals surface area contributed by atoms with Gasteiger partial charge in [0.15, 0.2) is 0 Å². The van der Waals surface area contributed by atoms with Gasteiger partial charge in [0.1, 0.15) is 0 Å². The average Bonchev–Trinajstić information content (AvgIpc) is 3.53. The second-order valence-corrected chi connectivity index (χ2v) is 9.84. The maximum Gasteiger partial charge on any atom is 0.00639 e. The number of hydrogen-bond donors (Lipinski definition) is 0. The molecule has 2 nitrogen and oxygen atoms in total. The third-order valence-electron chi connectivity index (χ3n) is 5.81. The lowest BCUT2D eigenvalue weighted by Crippen LogP contribution is -2.31. The number of hydrogen-bond acceptors (Lipinski definition) is 2. The molecule has 2 atom stereocenters. The molecule has 0 radical (unpaired) electrons. The standard InChI is InChI=1S/C21H44N2.C3H8.3C2H6/c1-8-14-23(7)20(5)10-9-19(4)11-15-22(6)17-21(12-13-21)16-18(2)3;1-3-2;3*1-2/h18-20H,8-17H2,1-7H3;3H2,1-2H3;3*1-2H3. The van der Waals surface area contributed by atoms with Crippen LogP contribution in [-0.2, 0) is 0 Å². The second-order valence-electron chi connectivity index (χ2n) is 9.84. The zero-order chi connectivity index (χ0) is 26.2. The van der Waals surface area contributed by atoms with Gasteiger partial charge >= 0.3 is 0 Å². The van der Waals surface area contributed by atoms with Crippen molar-refractivity contribution >= 4 is 0 Å². The summed E-state index contributed by atoms with van der Waals surface area (Å²) in [6, 6.07) is 0.732. The molecule has 0 spiro atoms. The van der Waals surface area contributed by atoms with Crippen molar-refractivity contribution in [1.29, 1.82) is 0 Å². The predicted molar refractivity (Wildman–Crippen MR) is 154 cm³/mol. The fraction of sp³-hybridized carbons (Fsp3) is 1.00. The molecule has 0 bridgehead atoms. The summed E-state index contributed by atoms with van der Waals surface area (Å²) in [6.07, 6.45) is 10.9. The van der Waals surface area contributed by atoms with E-state index in [1.54, 1.807) is 0 Å². The molecule has 2 unspecified atom stereocenters. The van der Waals surface area contributed by atoms with Crippen LogP contribution in [0.4, 0.5) is 0 Å². The largest absolute Gasteiger partial charge is 0.306 e. The molecule has 0 N–H and O–H groups in total. The normalized spacial score (nSPS) is 15.2. The topological polar surface area (TPSA) is 6.48 Å². The summed E-state index contributed by atoms with van der Waals surface area (Å²) >= 11 is 0. The van der Waals surface area contributed by atoms with Crippen molar-refractivity contribution < 1.29 is 0 Å². The average molecular weight is 459 g/mol. The minimum atomic E-state index is 0.684. The zero-order valence-electron chi connectivity index (χ0n) is 25.9. The first kappa shape index (κ1) is 39.1. The molecular formula is C30H70N2. The third-order valence-corrected chi connectivity index (χ3v) is 5.81. The highest BCUT2D eigenvalue weighted by Gasteiger charge is 2.43. The van der Waals surface area contributed by atoms with Crippen LogP contribution in [0.1, 0.15) is 141 Å². The summed E-state index contributed by atoms with van der Waals surface area (Å²) in [4.78, 5) is 5.13. The van der Waals surface area contributed by atoms with Gasteiger partial charge < -0.3 is 9.80 Å². The highest BCUT2D eigenvalue weighted by atomic mass is 15.1. The van der Waals surface area contributed by atoms with Gasteiger partial charge in [0, 0.05) is 12.6 Å². The smallest absolute Gasteiger partial charge is 0.00639 e. The van der Waals surface area contributed by atoms with E-state index in [9.17, 15) is 0 Å². The van der Waals surface area contributed by atoms with E-state index in [4.69, 9.17) is 0 Å². The molecule has 0 saturated heterocycles. The van der Waals surface area contributed by atoms with Crippen molar-refractivity contribution in [2.45, 2.75) is 147 Å². The van der Waals surface area contributed by atoms with Crippen LogP contribution in [-0.4, -0.2) is 49.6 Å². The van der Waals surface area contributed by atoms with Gasteiger partial charge in [-0.05, 0) is 96.3 Å². The van der Waals surface area contributed by atoms with Crippen molar-refractivity contribution in [3.8, 4) is 0 Å². The molecule has 0 aliphatic heterocycles. The molecule has 1 saturated carbocycles. The molecule has 1 aliphatic rings. The van der Waals surface area contributed by atoms with Crippen LogP contribution in [0.2, 0.25) is 0 Å². The Balaban J connectivity index is -0.000000381. The Morgan fingerprint density at radius 3 is 1.56 bits per heavy atom. The predicted octanol–water partition coefficient (Wildman–Crippen LogP) is 9.78. The number of nitrogens with zero attached hydrogens (tertiary/aromatic N) is 2. The van der Waals surface area contributed by atoms with E-state index >= 15 is 0 Å². The summed E-state index contributed by atoms with van der Waals surface area (Å²) in [5, 5.41) is 0. The second kappa shape index (κ2) is 27.2. The van der Waals surface area contributed by atoms with Crippen LogP contribution >= 0.6 is 0 Å². The Kier molecular flexibility index (Phi) is 33.2. The lowest BCUT2D eigenvalue weighted by atomic mass is 9.93. The van der Waals surface area contributed by atoms with Crippen LogP contribution in [0.5, 0.6) is 0 Å². The molecule has 32 heavy (non-hydrogen) atoms. The van der Waals surface area contributed by atoms with Crippen molar-refractivity contribution in [2.75, 3.05) is 33.7 Å². The van der Waals surface area contributed by atoms with E-state index in [2.05, 4.69) is 72.4 Å². The van der Waals surface area contributed by atoms with Gasteiger partial charge in [-0.1, -0.05) is 89.5 Å². The first-order valence-electron chi connectivity index (χ1n) is 14.6. The van der Waals surface area contributed by atoms with Crippen molar-refractivity contribution in [3.05, 3.63) is 0 Å². The molecule has 0 aromatic heterocycles. The van der Waals surface area contributed by atoms with E-state index in [0.29, 0.717) is 5.41 Å². The molecule has 0 aromatic rings. The molecule has 0 aromatic carbocycles. The third kappa shape index (κ3) is 24.6. The van der Waals surface area contributed by atoms with E-state index in [1.807, 2.05) is 41.5 Å². The van der Waals surface area contributed by atoms with Gasteiger partial charge in [0.2, 0.25) is 0 Å². The Hall–Kier alpha value is -0.0800. The highest BCUT2D eigenvalue weighted by molar-refractivity contribution is 4.95. The van der Waals surface area contributed by atoms with E-state index in [-0.39, 0.29) is 0 Å². The summed E-state index contributed by atoms with van der Waals surface area (Å²) in [5.41, 5.74) is 0.684. The SMILES string of the molecule is CC.CC.CC.CCC.CCCN(C)C(C)CCC(C)CCN(C)CC1(CC(C)C)CC1. The fourth-order valence-corrected chi connectivity index (χ4v) is 4.03. The lowest BCUT2D eigenvalue weighted by molar-refractivity contribution is 0.211. The van der Waals surface area contributed by atoms with Gasteiger partial charge in [-0.3, -0.25) is 0 Å². The van der Waals surface area contributed by atoms with E-state index in [1.165, 1.54) is 71.0 Å². The fourth-order valence-electron chi connectivity index (χ4n) is 4.03. The Morgan fingerprint density at radius 1 is 0.719 bits per heavy atom. The molecule has 1 rings (SSSR count). The van der Waals surface area contributed by atoms with E-state index < -0.39 is 0 Å². The zero-order valence-corrected chi connectivity index (χ0v) is 25.9. The van der Waals surface area contributed by atoms with Crippen molar-refractivity contribution in [2.24, 2.45) is 17.3 Å². The van der Waals surface area contributed by atoms with Crippen LogP contribution in [0.3, 0.4) is 0 Å². The van der Waals surface area contributed by atoms with Gasteiger partial charge in [-0.2, -0.15) is 0 Å².